The lowest BCUT2D eigenvalue weighted by Gasteiger charge is -2.11. The summed E-state index contributed by atoms with van der Waals surface area (Å²) in [7, 11) is 0. The summed E-state index contributed by atoms with van der Waals surface area (Å²) in [6, 6.07) is 18.4. The quantitative estimate of drug-likeness (QED) is 0.725. The first kappa shape index (κ1) is 11.7. The number of benzene rings is 2. The zero-order valence-electron chi connectivity index (χ0n) is 9.64. The molecule has 0 aliphatic heterocycles. The Bertz CT molecular complexity index is 690. The minimum atomic E-state index is -0.105. The van der Waals surface area contributed by atoms with Crippen molar-refractivity contribution in [1.29, 1.82) is 0 Å². The average Bonchev–Trinajstić information content (AvgIpc) is 2.84. The van der Waals surface area contributed by atoms with Crippen molar-refractivity contribution < 1.29 is 0 Å². The largest absolute Gasteiger partial charge is 0.320 e. The van der Waals surface area contributed by atoms with E-state index in [0.29, 0.717) is 0 Å². The van der Waals surface area contributed by atoms with Crippen LogP contribution < -0.4 is 5.73 Å². The number of halogens is 1. The van der Waals surface area contributed by atoms with E-state index < -0.39 is 0 Å². The molecule has 0 aliphatic rings. The smallest absolute Gasteiger partial charge is 0.0931 e. The second kappa shape index (κ2) is 4.73. The second-order valence-electron chi connectivity index (χ2n) is 4.23. The summed E-state index contributed by atoms with van der Waals surface area (Å²) in [5.41, 5.74) is 7.39. The third-order valence-electron chi connectivity index (χ3n) is 3.03. The van der Waals surface area contributed by atoms with Gasteiger partial charge in [0.05, 0.1) is 10.4 Å². The van der Waals surface area contributed by atoms with Gasteiger partial charge in [-0.2, -0.15) is 0 Å². The van der Waals surface area contributed by atoms with E-state index in [2.05, 4.69) is 30.3 Å². The summed E-state index contributed by atoms with van der Waals surface area (Å²) < 4.78 is 0.779. The zero-order valence-corrected chi connectivity index (χ0v) is 11.2. The predicted molar refractivity (Wildman–Crippen MR) is 79.3 cm³/mol. The molecule has 0 bridgehead atoms. The molecule has 0 saturated carbocycles. The van der Waals surface area contributed by atoms with E-state index in [1.54, 1.807) is 0 Å². The fourth-order valence-electron chi connectivity index (χ4n) is 2.06. The molecule has 1 nitrogen and oxygen atoms in total. The lowest BCUT2D eigenvalue weighted by Crippen LogP contribution is -2.09. The molecule has 0 aliphatic carbocycles. The van der Waals surface area contributed by atoms with Crippen LogP contribution in [0.3, 0.4) is 0 Å². The Morgan fingerprint density at radius 1 is 0.944 bits per heavy atom. The first-order valence-corrected chi connectivity index (χ1v) is 6.93. The summed E-state index contributed by atoms with van der Waals surface area (Å²) in [6.45, 7) is 0. The average molecular weight is 274 g/mol. The van der Waals surface area contributed by atoms with E-state index in [4.69, 9.17) is 17.3 Å². The normalized spacial score (nSPS) is 12.8. The van der Waals surface area contributed by atoms with Gasteiger partial charge in [-0.05, 0) is 34.5 Å². The number of hydrogen-bond acceptors (Lipinski definition) is 2. The van der Waals surface area contributed by atoms with Crippen LogP contribution >= 0.6 is 22.9 Å². The molecule has 1 heterocycles. The van der Waals surface area contributed by atoms with E-state index >= 15 is 0 Å². The first-order valence-electron chi connectivity index (χ1n) is 5.73. The Morgan fingerprint density at radius 3 is 2.44 bits per heavy atom. The van der Waals surface area contributed by atoms with E-state index in [-0.39, 0.29) is 6.04 Å². The number of fused-ring (bicyclic) bond motifs is 1. The van der Waals surface area contributed by atoms with Crippen molar-refractivity contribution in [1.82, 2.24) is 0 Å². The van der Waals surface area contributed by atoms with Crippen LogP contribution in [-0.4, -0.2) is 0 Å². The molecule has 0 radical (unpaired) electrons. The lowest BCUT2D eigenvalue weighted by atomic mass is 10.0. The molecule has 0 saturated heterocycles. The standard InChI is InChI=1S/C15H12ClNS/c16-14-8-7-13(18-14)15(17)12-6-5-10-3-1-2-4-11(10)9-12/h1-9,15H,17H2. The summed E-state index contributed by atoms with van der Waals surface area (Å²) in [5.74, 6) is 0. The molecule has 3 aromatic rings. The molecule has 3 heteroatoms. The highest BCUT2D eigenvalue weighted by Crippen LogP contribution is 2.30. The van der Waals surface area contributed by atoms with Crippen LogP contribution in [0.25, 0.3) is 10.8 Å². The van der Waals surface area contributed by atoms with Gasteiger partial charge >= 0.3 is 0 Å². The second-order valence-corrected chi connectivity index (χ2v) is 5.97. The highest BCUT2D eigenvalue weighted by molar-refractivity contribution is 7.16. The minimum Gasteiger partial charge on any atom is -0.320 e. The summed E-state index contributed by atoms with van der Waals surface area (Å²) in [5, 5.41) is 2.45. The van der Waals surface area contributed by atoms with Crippen LogP contribution in [0.1, 0.15) is 16.5 Å². The molecule has 1 atom stereocenters. The van der Waals surface area contributed by atoms with Gasteiger partial charge in [0.2, 0.25) is 0 Å². The number of hydrogen-bond donors (Lipinski definition) is 1. The van der Waals surface area contributed by atoms with Crippen LogP contribution in [0, 0.1) is 0 Å². The van der Waals surface area contributed by atoms with E-state index in [1.165, 1.54) is 22.1 Å². The van der Waals surface area contributed by atoms with Gasteiger partial charge in [0.15, 0.2) is 0 Å². The van der Waals surface area contributed by atoms with Gasteiger partial charge < -0.3 is 5.73 Å². The molecule has 0 spiro atoms. The van der Waals surface area contributed by atoms with Gasteiger partial charge in [-0.3, -0.25) is 0 Å². The van der Waals surface area contributed by atoms with E-state index in [0.717, 1.165) is 14.8 Å². The van der Waals surface area contributed by atoms with Gasteiger partial charge in [0, 0.05) is 4.88 Å². The first-order chi connectivity index (χ1) is 8.74. The maximum absolute atomic E-state index is 6.27. The van der Waals surface area contributed by atoms with Crippen molar-refractivity contribution in [3.63, 3.8) is 0 Å². The van der Waals surface area contributed by atoms with Crippen molar-refractivity contribution in [3.05, 3.63) is 69.4 Å². The predicted octanol–water partition coefficient (Wildman–Crippen LogP) is 4.60. The maximum Gasteiger partial charge on any atom is 0.0931 e. The Kier molecular flexibility index (Phi) is 3.08. The third-order valence-corrected chi connectivity index (χ3v) is 4.35. The molecule has 0 amide bonds. The molecule has 1 aromatic heterocycles. The Labute approximate surface area is 115 Å². The monoisotopic (exact) mass is 273 g/mol. The van der Waals surface area contributed by atoms with Crippen molar-refractivity contribution in [2.24, 2.45) is 5.73 Å². The van der Waals surface area contributed by atoms with Gasteiger partial charge in [0.25, 0.3) is 0 Å². The summed E-state index contributed by atoms with van der Waals surface area (Å²) >= 11 is 7.49. The molecule has 18 heavy (non-hydrogen) atoms. The molecular formula is C15H12ClNS. The fraction of sp³-hybridized carbons (Fsp3) is 0.0667. The highest BCUT2D eigenvalue weighted by Gasteiger charge is 2.11. The summed E-state index contributed by atoms with van der Waals surface area (Å²) in [4.78, 5) is 1.09. The molecule has 2 N–H and O–H groups in total. The number of nitrogens with two attached hydrogens (primary N) is 1. The van der Waals surface area contributed by atoms with Crippen LogP contribution in [0.2, 0.25) is 4.34 Å². The van der Waals surface area contributed by atoms with Gasteiger partial charge in [0.1, 0.15) is 0 Å². The third kappa shape index (κ3) is 2.15. The van der Waals surface area contributed by atoms with Crippen LogP contribution in [0.4, 0.5) is 0 Å². The fourth-order valence-corrected chi connectivity index (χ4v) is 3.15. The Hall–Kier alpha value is -1.35. The molecule has 0 fully saturated rings. The van der Waals surface area contributed by atoms with Crippen molar-refractivity contribution in [2.45, 2.75) is 6.04 Å². The van der Waals surface area contributed by atoms with Gasteiger partial charge in [-0.25, -0.2) is 0 Å². The van der Waals surface area contributed by atoms with Crippen molar-refractivity contribution in [2.75, 3.05) is 0 Å². The maximum atomic E-state index is 6.27. The van der Waals surface area contributed by atoms with Crippen LogP contribution in [-0.2, 0) is 0 Å². The van der Waals surface area contributed by atoms with Crippen LogP contribution in [0.5, 0.6) is 0 Å². The molecule has 1 unspecified atom stereocenters. The van der Waals surface area contributed by atoms with Crippen molar-refractivity contribution >= 4 is 33.7 Å². The Balaban J connectivity index is 2.03. The highest BCUT2D eigenvalue weighted by atomic mass is 35.5. The molecule has 2 aromatic carbocycles. The number of rotatable bonds is 2. The Morgan fingerprint density at radius 2 is 1.72 bits per heavy atom. The lowest BCUT2D eigenvalue weighted by molar-refractivity contribution is 0.896. The zero-order chi connectivity index (χ0) is 12.5. The number of thiophene rings is 1. The molecular weight excluding hydrogens is 262 g/mol. The van der Waals surface area contributed by atoms with E-state index in [1.807, 2.05) is 24.3 Å². The molecule has 3 rings (SSSR count). The van der Waals surface area contributed by atoms with E-state index in [9.17, 15) is 0 Å². The summed E-state index contributed by atoms with van der Waals surface area (Å²) in [6.07, 6.45) is 0. The van der Waals surface area contributed by atoms with Gasteiger partial charge in [-0.15, -0.1) is 11.3 Å². The SMILES string of the molecule is NC(c1ccc2ccccc2c1)c1ccc(Cl)s1. The minimum absolute atomic E-state index is 0.105. The van der Waals surface area contributed by atoms with Crippen molar-refractivity contribution in [3.8, 4) is 0 Å². The van der Waals surface area contributed by atoms with Crippen LogP contribution in [0.15, 0.2) is 54.6 Å². The van der Waals surface area contributed by atoms with Gasteiger partial charge in [-0.1, -0.05) is 48.0 Å². The topological polar surface area (TPSA) is 26.0 Å². The molecule has 90 valence electrons.